The maximum atomic E-state index is 12.0. The predicted molar refractivity (Wildman–Crippen MR) is 71.4 cm³/mol. The number of nitrogens with zero attached hydrogens (tertiary/aromatic N) is 1. The molecular formula is C14H25NO3. The van der Waals surface area contributed by atoms with Crippen LogP contribution in [0.5, 0.6) is 0 Å². The van der Waals surface area contributed by atoms with Gasteiger partial charge in [0.25, 0.3) is 0 Å². The van der Waals surface area contributed by atoms with Crippen LogP contribution in [-0.4, -0.2) is 40.4 Å². The third-order valence-corrected chi connectivity index (χ3v) is 3.04. The van der Waals surface area contributed by atoms with Gasteiger partial charge >= 0.3 is 6.09 Å². The van der Waals surface area contributed by atoms with E-state index in [2.05, 4.69) is 6.58 Å². The van der Waals surface area contributed by atoms with Crippen LogP contribution in [0.15, 0.2) is 12.7 Å². The molecule has 1 aliphatic rings. The molecule has 1 amide bonds. The fourth-order valence-corrected chi connectivity index (χ4v) is 2.22. The van der Waals surface area contributed by atoms with Gasteiger partial charge in [-0.1, -0.05) is 6.08 Å². The molecule has 0 aromatic rings. The lowest BCUT2D eigenvalue weighted by Gasteiger charge is -2.31. The predicted octanol–water partition coefficient (Wildman–Crippen LogP) is 2.71. The number of hydrogen-bond donors (Lipinski definition) is 1. The molecule has 1 unspecified atom stereocenters. The molecule has 1 N–H and O–H groups in total. The Hall–Kier alpha value is -1.03. The van der Waals surface area contributed by atoms with Gasteiger partial charge in [-0.15, -0.1) is 6.58 Å². The van der Waals surface area contributed by atoms with Crippen LogP contribution in [0.3, 0.4) is 0 Å². The molecule has 1 heterocycles. The Kier molecular flexibility index (Phi) is 5.20. The Morgan fingerprint density at radius 3 is 2.83 bits per heavy atom. The van der Waals surface area contributed by atoms with E-state index in [0.29, 0.717) is 13.0 Å². The molecular weight excluding hydrogens is 230 g/mol. The summed E-state index contributed by atoms with van der Waals surface area (Å²) in [4.78, 5) is 13.7. The smallest absolute Gasteiger partial charge is 0.410 e. The van der Waals surface area contributed by atoms with Crippen molar-refractivity contribution in [1.29, 1.82) is 0 Å². The second-order valence-electron chi connectivity index (χ2n) is 5.82. The zero-order valence-corrected chi connectivity index (χ0v) is 11.7. The highest BCUT2D eigenvalue weighted by molar-refractivity contribution is 5.69. The van der Waals surface area contributed by atoms with Gasteiger partial charge < -0.3 is 14.7 Å². The fourth-order valence-electron chi connectivity index (χ4n) is 2.22. The van der Waals surface area contributed by atoms with Gasteiger partial charge in [-0.2, -0.15) is 0 Å². The normalized spacial score (nSPS) is 21.8. The zero-order chi connectivity index (χ0) is 13.8. The minimum atomic E-state index is -0.490. The van der Waals surface area contributed by atoms with Crippen LogP contribution in [0.1, 0.15) is 46.5 Å². The first-order valence-corrected chi connectivity index (χ1v) is 6.63. The van der Waals surface area contributed by atoms with Crippen molar-refractivity contribution in [3.05, 3.63) is 12.7 Å². The minimum absolute atomic E-state index is 0.111. The van der Waals surface area contributed by atoms with E-state index in [-0.39, 0.29) is 12.1 Å². The van der Waals surface area contributed by atoms with Crippen LogP contribution in [0.4, 0.5) is 4.79 Å². The van der Waals surface area contributed by atoms with Crippen LogP contribution in [-0.2, 0) is 4.74 Å². The van der Waals surface area contributed by atoms with Crippen LogP contribution >= 0.6 is 0 Å². The third kappa shape index (κ3) is 4.33. The summed E-state index contributed by atoms with van der Waals surface area (Å²) in [5.41, 5.74) is -0.490. The molecule has 18 heavy (non-hydrogen) atoms. The number of aliphatic hydroxyl groups excluding tert-OH is 1. The van der Waals surface area contributed by atoms with E-state index in [0.717, 1.165) is 19.3 Å². The average molecular weight is 255 g/mol. The molecule has 0 bridgehead atoms. The summed E-state index contributed by atoms with van der Waals surface area (Å²) in [5, 5.41) is 10.1. The number of ether oxygens (including phenoxy) is 1. The van der Waals surface area contributed by atoms with Crippen molar-refractivity contribution >= 4 is 6.09 Å². The molecule has 4 nitrogen and oxygen atoms in total. The Bertz CT molecular complexity index is 296. The fraction of sp³-hybridized carbons (Fsp3) is 0.786. The van der Waals surface area contributed by atoms with Gasteiger partial charge in [-0.05, 0) is 46.5 Å². The third-order valence-electron chi connectivity index (χ3n) is 3.04. The highest BCUT2D eigenvalue weighted by Crippen LogP contribution is 2.24. The Balaban J connectivity index is 2.58. The molecule has 1 rings (SSSR count). The molecule has 0 spiro atoms. The van der Waals surface area contributed by atoms with Gasteiger partial charge in [0.05, 0.1) is 12.1 Å². The summed E-state index contributed by atoms with van der Waals surface area (Å²) in [6, 6.07) is -0.111. The summed E-state index contributed by atoms with van der Waals surface area (Å²) in [6.07, 6.45) is 4.16. The molecule has 1 aliphatic heterocycles. The average Bonchev–Trinajstić information content (AvgIpc) is 2.72. The van der Waals surface area contributed by atoms with Gasteiger partial charge in [0.1, 0.15) is 5.60 Å². The first-order chi connectivity index (χ1) is 8.35. The highest BCUT2D eigenvalue weighted by atomic mass is 16.6. The Morgan fingerprint density at radius 1 is 1.61 bits per heavy atom. The molecule has 4 heteroatoms. The molecule has 1 fully saturated rings. The van der Waals surface area contributed by atoms with Crippen molar-refractivity contribution in [3.8, 4) is 0 Å². The SMILES string of the molecule is C=CCC[C@H](O)C1CCCN1C(=O)OC(C)(C)C. The number of rotatable bonds is 4. The van der Waals surface area contributed by atoms with Crippen molar-refractivity contribution in [2.45, 2.75) is 64.2 Å². The Labute approximate surface area is 110 Å². The van der Waals surface area contributed by atoms with Crippen LogP contribution in [0, 0.1) is 0 Å². The number of hydrogen-bond acceptors (Lipinski definition) is 3. The lowest BCUT2D eigenvalue weighted by molar-refractivity contribution is 0.00412. The van der Waals surface area contributed by atoms with E-state index < -0.39 is 11.7 Å². The summed E-state index contributed by atoms with van der Waals surface area (Å²) in [6.45, 7) is 9.87. The maximum absolute atomic E-state index is 12.0. The van der Waals surface area contributed by atoms with Crippen LogP contribution in [0.25, 0.3) is 0 Å². The van der Waals surface area contributed by atoms with E-state index in [1.54, 1.807) is 11.0 Å². The van der Waals surface area contributed by atoms with Crippen molar-refractivity contribution in [1.82, 2.24) is 4.90 Å². The van der Waals surface area contributed by atoms with Crippen molar-refractivity contribution in [2.24, 2.45) is 0 Å². The van der Waals surface area contributed by atoms with Crippen molar-refractivity contribution < 1.29 is 14.6 Å². The van der Waals surface area contributed by atoms with Crippen LogP contribution < -0.4 is 0 Å². The van der Waals surface area contributed by atoms with E-state index in [4.69, 9.17) is 4.74 Å². The van der Waals surface area contributed by atoms with Gasteiger partial charge in [0.15, 0.2) is 0 Å². The summed E-state index contributed by atoms with van der Waals surface area (Å²) in [7, 11) is 0. The van der Waals surface area contributed by atoms with E-state index in [1.807, 2.05) is 20.8 Å². The van der Waals surface area contributed by atoms with Gasteiger partial charge in [-0.3, -0.25) is 0 Å². The Morgan fingerprint density at radius 2 is 2.28 bits per heavy atom. The molecule has 0 aliphatic carbocycles. The summed E-state index contributed by atoms with van der Waals surface area (Å²) >= 11 is 0. The molecule has 2 atom stereocenters. The van der Waals surface area contributed by atoms with Gasteiger partial charge in [0, 0.05) is 6.54 Å². The molecule has 0 saturated carbocycles. The maximum Gasteiger partial charge on any atom is 0.410 e. The summed E-state index contributed by atoms with van der Waals surface area (Å²) in [5.74, 6) is 0. The lowest BCUT2D eigenvalue weighted by Crippen LogP contribution is -2.45. The number of carbonyl (C=O) groups is 1. The monoisotopic (exact) mass is 255 g/mol. The van der Waals surface area contributed by atoms with E-state index in [1.165, 1.54) is 0 Å². The first kappa shape index (κ1) is 15.0. The largest absolute Gasteiger partial charge is 0.444 e. The first-order valence-electron chi connectivity index (χ1n) is 6.63. The molecule has 0 aromatic carbocycles. The number of amides is 1. The zero-order valence-electron chi connectivity index (χ0n) is 11.7. The number of likely N-dealkylation sites (tertiary alicyclic amines) is 1. The van der Waals surface area contributed by atoms with Gasteiger partial charge in [0.2, 0.25) is 0 Å². The highest BCUT2D eigenvalue weighted by Gasteiger charge is 2.35. The molecule has 1 saturated heterocycles. The lowest BCUT2D eigenvalue weighted by atomic mass is 10.0. The molecule has 104 valence electrons. The van der Waals surface area contributed by atoms with Crippen molar-refractivity contribution in [2.75, 3.05) is 6.54 Å². The second kappa shape index (κ2) is 6.23. The second-order valence-corrected chi connectivity index (χ2v) is 5.82. The van der Waals surface area contributed by atoms with Crippen molar-refractivity contribution in [3.63, 3.8) is 0 Å². The standard InChI is InChI=1S/C14H25NO3/c1-5-6-9-12(16)11-8-7-10-15(11)13(17)18-14(2,3)4/h5,11-12,16H,1,6-10H2,2-4H3/t11?,12-/m0/s1. The number of carbonyl (C=O) groups excluding carboxylic acids is 1. The van der Waals surface area contributed by atoms with Crippen LogP contribution in [0.2, 0.25) is 0 Å². The number of aliphatic hydroxyl groups is 1. The summed E-state index contributed by atoms with van der Waals surface area (Å²) < 4.78 is 5.36. The van der Waals surface area contributed by atoms with E-state index >= 15 is 0 Å². The number of allylic oxidation sites excluding steroid dienone is 1. The minimum Gasteiger partial charge on any atom is -0.444 e. The molecule has 0 radical (unpaired) electrons. The van der Waals surface area contributed by atoms with Gasteiger partial charge in [-0.25, -0.2) is 4.79 Å². The molecule has 0 aromatic heterocycles. The topological polar surface area (TPSA) is 49.8 Å². The quantitative estimate of drug-likeness (QED) is 0.786. The van der Waals surface area contributed by atoms with E-state index in [9.17, 15) is 9.90 Å².